The van der Waals surface area contributed by atoms with Gasteiger partial charge in [0.2, 0.25) is 0 Å². The zero-order valence-electron chi connectivity index (χ0n) is 19.2. The molecular formula is C33H22N+. The largest absolute Gasteiger partial charge is 0.331 e. The normalized spacial score (nSPS) is 15.1. The summed E-state index contributed by atoms with van der Waals surface area (Å²) in [6.45, 7) is 4.76. The fourth-order valence-corrected chi connectivity index (χ4v) is 6.55. The molecule has 0 saturated heterocycles. The second-order valence-electron chi connectivity index (χ2n) is 10.2. The minimum absolute atomic E-state index is 0.101. The number of aromatic amines is 1. The first-order chi connectivity index (χ1) is 16.6. The lowest BCUT2D eigenvalue weighted by atomic mass is 9.80. The van der Waals surface area contributed by atoms with Crippen LogP contribution in [0.25, 0.3) is 66.5 Å². The van der Waals surface area contributed by atoms with Crippen LogP contribution in [0.1, 0.15) is 36.2 Å². The standard InChI is InChI=1S/C33H22N/c1-33(2)29-18-27-22-12-6-4-10-20(22)19-9-3-5-11-21(19)26(27)17-28(29)24-15-16-25-23-13-7-8-14-30(23)34-32(25)31(24)33/h3-6,8-18,34H,1-2H3/q+1. The van der Waals surface area contributed by atoms with Gasteiger partial charge in [-0.25, -0.2) is 0 Å². The maximum Gasteiger partial charge on any atom is 0.161 e. The molecule has 8 rings (SSSR count). The van der Waals surface area contributed by atoms with Crippen molar-refractivity contribution in [2.24, 2.45) is 0 Å². The number of hydrogen-bond donors (Lipinski definition) is 1. The predicted octanol–water partition coefficient (Wildman–Crippen LogP) is 8.78. The van der Waals surface area contributed by atoms with E-state index >= 15 is 0 Å². The SMILES string of the molecule is CC1(C)c2cc3c4ccccc4c4ccccc4c3cc2-c2ccc3c4c([nH]c3c21)C=C[C+]=C4. The number of nitrogens with one attached hydrogen (secondary N) is 1. The molecule has 1 heteroatoms. The molecule has 34 heavy (non-hydrogen) atoms. The molecule has 0 radical (unpaired) electrons. The number of rotatable bonds is 0. The van der Waals surface area contributed by atoms with Crippen LogP contribution in [-0.2, 0) is 5.41 Å². The van der Waals surface area contributed by atoms with Crippen LogP contribution in [-0.4, -0.2) is 4.98 Å². The van der Waals surface area contributed by atoms with E-state index in [1.807, 2.05) is 6.08 Å². The maximum atomic E-state index is 3.75. The highest BCUT2D eigenvalue weighted by Crippen LogP contribution is 2.53. The van der Waals surface area contributed by atoms with Crippen LogP contribution in [0.5, 0.6) is 0 Å². The van der Waals surface area contributed by atoms with Crippen LogP contribution in [0.15, 0.2) is 78.9 Å². The highest BCUT2D eigenvalue weighted by atomic mass is 14.7. The van der Waals surface area contributed by atoms with Crippen molar-refractivity contribution in [2.75, 3.05) is 0 Å². The van der Waals surface area contributed by atoms with Crippen molar-refractivity contribution in [1.82, 2.24) is 4.98 Å². The van der Waals surface area contributed by atoms with Crippen LogP contribution >= 0.6 is 0 Å². The molecule has 0 aliphatic heterocycles. The van der Waals surface area contributed by atoms with Crippen molar-refractivity contribution in [3.8, 4) is 11.1 Å². The lowest BCUT2D eigenvalue weighted by Gasteiger charge is -2.23. The molecule has 1 aromatic heterocycles. The number of benzene rings is 5. The van der Waals surface area contributed by atoms with Crippen molar-refractivity contribution < 1.29 is 0 Å². The van der Waals surface area contributed by atoms with Gasteiger partial charge in [0.25, 0.3) is 0 Å². The molecule has 0 spiro atoms. The maximum absolute atomic E-state index is 3.75. The zero-order valence-corrected chi connectivity index (χ0v) is 19.2. The van der Waals surface area contributed by atoms with Crippen LogP contribution in [0.4, 0.5) is 0 Å². The molecule has 0 amide bonds. The second kappa shape index (κ2) is 6.03. The average molecular weight is 433 g/mol. The summed E-state index contributed by atoms with van der Waals surface area (Å²) in [5.41, 5.74) is 9.10. The van der Waals surface area contributed by atoms with E-state index in [0.717, 1.165) is 0 Å². The molecule has 0 saturated carbocycles. The molecule has 2 aliphatic carbocycles. The monoisotopic (exact) mass is 432 g/mol. The molecule has 0 bridgehead atoms. The Hall–Kier alpha value is -4.19. The first kappa shape index (κ1) is 18.3. The summed E-state index contributed by atoms with van der Waals surface area (Å²) < 4.78 is 0. The second-order valence-corrected chi connectivity index (χ2v) is 10.2. The van der Waals surface area contributed by atoms with Gasteiger partial charge in [0.05, 0.1) is 17.0 Å². The topological polar surface area (TPSA) is 15.8 Å². The Morgan fingerprint density at radius 3 is 2.03 bits per heavy atom. The fraction of sp³-hybridized carbons (Fsp3) is 0.0909. The molecule has 1 N–H and O–H groups in total. The molecule has 2 aliphatic rings. The van der Waals surface area contributed by atoms with Gasteiger partial charge in [-0.05, 0) is 72.8 Å². The number of allylic oxidation sites excluding steroid dienone is 2. The Kier molecular flexibility index (Phi) is 3.24. The highest BCUT2D eigenvalue weighted by molar-refractivity contribution is 6.26. The van der Waals surface area contributed by atoms with E-state index in [4.69, 9.17) is 0 Å². The third-order valence-corrected chi connectivity index (χ3v) is 8.09. The summed E-state index contributed by atoms with van der Waals surface area (Å²) in [5.74, 6) is 0. The number of hydrogen-bond acceptors (Lipinski definition) is 0. The van der Waals surface area contributed by atoms with Gasteiger partial charge in [-0.3, -0.25) is 0 Å². The van der Waals surface area contributed by atoms with Gasteiger partial charge in [0.1, 0.15) is 17.7 Å². The highest BCUT2D eigenvalue weighted by Gasteiger charge is 2.39. The minimum atomic E-state index is -0.101. The Morgan fingerprint density at radius 2 is 1.32 bits per heavy atom. The summed E-state index contributed by atoms with van der Waals surface area (Å²) in [6.07, 6.45) is 9.47. The molecule has 0 fully saturated rings. The Bertz CT molecular complexity index is 1920. The summed E-state index contributed by atoms with van der Waals surface area (Å²) >= 11 is 0. The molecular weight excluding hydrogens is 410 g/mol. The zero-order chi connectivity index (χ0) is 22.6. The van der Waals surface area contributed by atoms with Crippen LogP contribution in [0, 0.1) is 6.08 Å². The van der Waals surface area contributed by atoms with Crippen molar-refractivity contribution in [3.63, 3.8) is 0 Å². The summed E-state index contributed by atoms with van der Waals surface area (Å²) in [5, 5.41) is 9.27. The summed E-state index contributed by atoms with van der Waals surface area (Å²) in [6, 6.07) is 27.2. The van der Waals surface area contributed by atoms with E-state index < -0.39 is 0 Å². The quantitative estimate of drug-likeness (QED) is 0.182. The van der Waals surface area contributed by atoms with Crippen molar-refractivity contribution in [3.05, 3.63) is 107 Å². The smallest absolute Gasteiger partial charge is 0.161 e. The van der Waals surface area contributed by atoms with Gasteiger partial charge < -0.3 is 4.98 Å². The number of fused-ring (bicyclic) bond motifs is 13. The summed E-state index contributed by atoms with van der Waals surface area (Å²) in [4.78, 5) is 3.75. The molecule has 1 nitrogen and oxygen atoms in total. The third-order valence-electron chi connectivity index (χ3n) is 8.09. The van der Waals surface area contributed by atoms with Crippen molar-refractivity contribution in [1.29, 1.82) is 0 Å². The van der Waals surface area contributed by atoms with Crippen molar-refractivity contribution >= 4 is 55.4 Å². The third kappa shape index (κ3) is 2.09. The predicted molar refractivity (Wildman–Crippen MR) is 145 cm³/mol. The van der Waals surface area contributed by atoms with Gasteiger partial charge in [-0.15, -0.1) is 0 Å². The van der Waals surface area contributed by atoms with Gasteiger partial charge in [0.15, 0.2) is 5.69 Å². The Labute approximate surface area is 198 Å². The molecule has 1 heterocycles. The Balaban J connectivity index is 1.54. The molecule has 0 atom stereocenters. The molecule has 5 aromatic carbocycles. The van der Waals surface area contributed by atoms with E-state index in [-0.39, 0.29) is 5.41 Å². The van der Waals surface area contributed by atoms with Gasteiger partial charge in [0, 0.05) is 11.5 Å². The van der Waals surface area contributed by atoms with Gasteiger partial charge in [-0.2, -0.15) is 0 Å². The molecule has 6 aromatic rings. The van der Waals surface area contributed by atoms with Gasteiger partial charge >= 0.3 is 0 Å². The van der Waals surface area contributed by atoms with E-state index in [0.29, 0.717) is 0 Å². The molecule has 158 valence electrons. The van der Waals surface area contributed by atoms with E-state index in [9.17, 15) is 0 Å². The fourth-order valence-electron chi connectivity index (χ4n) is 6.55. The lowest BCUT2D eigenvalue weighted by Crippen LogP contribution is -2.15. The minimum Gasteiger partial charge on any atom is -0.331 e. The van der Waals surface area contributed by atoms with Crippen molar-refractivity contribution in [2.45, 2.75) is 19.3 Å². The van der Waals surface area contributed by atoms with E-state index in [1.54, 1.807) is 0 Å². The van der Waals surface area contributed by atoms with E-state index in [2.05, 4.69) is 110 Å². The average Bonchev–Trinajstić information content (AvgIpc) is 3.36. The van der Waals surface area contributed by atoms with Gasteiger partial charge in [-0.1, -0.05) is 68.4 Å². The summed E-state index contributed by atoms with van der Waals surface area (Å²) in [7, 11) is 0. The first-order valence-electron chi connectivity index (χ1n) is 12.0. The van der Waals surface area contributed by atoms with E-state index in [1.165, 1.54) is 76.7 Å². The Morgan fingerprint density at radius 1 is 0.676 bits per heavy atom. The first-order valence-corrected chi connectivity index (χ1v) is 12.0. The lowest BCUT2D eigenvalue weighted by molar-refractivity contribution is 0.666. The van der Waals surface area contributed by atoms with Crippen LogP contribution < -0.4 is 0 Å². The molecule has 0 unspecified atom stereocenters. The number of H-pyrrole nitrogens is 1. The number of aromatic nitrogens is 1. The van der Waals surface area contributed by atoms with Crippen LogP contribution in [0.2, 0.25) is 0 Å². The van der Waals surface area contributed by atoms with Crippen LogP contribution in [0.3, 0.4) is 0 Å².